The van der Waals surface area contributed by atoms with E-state index in [1.807, 2.05) is 0 Å². The molecule has 1 aromatic heterocycles. The number of halogens is 3. The molecule has 222 valence electrons. The van der Waals surface area contributed by atoms with Gasteiger partial charge in [-0.3, -0.25) is 14.4 Å². The van der Waals surface area contributed by atoms with Crippen LogP contribution >= 0.6 is 0 Å². The van der Waals surface area contributed by atoms with E-state index >= 15 is 0 Å². The van der Waals surface area contributed by atoms with E-state index in [0.717, 1.165) is 12.1 Å². The average molecular weight is 583 g/mol. The Hall–Kier alpha value is -4.36. The van der Waals surface area contributed by atoms with Crippen molar-refractivity contribution in [2.75, 3.05) is 13.7 Å². The summed E-state index contributed by atoms with van der Waals surface area (Å²) in [5, 5.41) is 12.5. The summed E-state index contributed by atoms with van der Waals surface area (Å²) in [5.74, 6) is -6.51. The van der Waals surface area contributed by atoms with Crippen molar-refractivity contribution in [2.45, 2.75) is 51.6 Å². The summed E-state index contributed by atoms with van der Waals surface area (Å²) in [6, 6.07) is 3.99. The number of hydrogen-bond acceptors (Lipinski definition) is 10. The highest BCUT2D eigenvalue weighted by atomic mass is 19.4. The van der Waals surface area contributed by atoms with Gasteiger partial charge in [-0.15, -0.1) is 0 Å². The number of amides is 1. The number of carbonyl (C=O) groups excluding carboxylic acids is 4. The summed E-state index contributed by atoms with van der Waals surface area (Å²) in [5.41, 5.74) is -1.34. The third kappa shape index (κ3) is 7.64. The number of methoxy groups -OCH3 is 1. The second-order valence-electron chi connectivity index (χ2n) is 9.57. The number of rotatable bonds is 7. The van der Waals surface area contributed by atoms with Crippen LogP contribution in [0.2, 0.25) is 0 Å². The summed E-state index contributed by atoms with van der Waals surface area (Å²) in [7, 11) is 1.26. The quantitative estimate of drug-likeness (QED) is 0.369. The molecule has 1 amide bonds. The van der Waals surface area contributed by atoms with Crippen LogP contribution in [0.5, 0.6) is 11.5 Å². The monoisotopic (exact) mass is 582 g/mol. The average Bonchev–Trinajstić information content (AvgIpc) is 2.94. The highest BCUT2D eigenvalue weighted by molar-refractivity contribution is 5.98. The number of esters is 3. The van der Waals surface area contributed by atoms with E-state index in [2.05, 4.69) is 10.3 Å². The maximum Gasteiger partial charge on any atom is 0.416 e. The molecule has 1 saturated heterocycles. The van der Waals surface area contributed by atoms with Crippen molar-refractivity contribution >= 4 is 23.8 Å². The van der Waals surface area contributed by atoms with Gasteiger partial charge in [0.15, 0.2) is 29.3 Å². The zero-order chi connectivity index (χ0) is 30.5. The van der Waals surface area contributed by atoms with Crippen molar-refractivity contribution in [3.8, 4) is 11.5 Å². The number of aromatic nitrogens is 1. The molecule has 1 fully saturated rings. The molecule has 2 aromatic rings. The van der Waals surface area contributed by atoms with Crippen LogP contribution in [0.15, 0.2) is 36.5 Å². The summed E-state index contributed by atoms with van der Waals surface area (Å²) in [6.45, 7) is 3.66. The van der Waals surface area contributed by atoms with Gasteiger partial charge in [0, 0.05) is 12.3 Å². The molecule has 0 bridgehead atoms. The molecule has 0 saturated carbocycles. The van der Waals surface area contributed by atoms with Gasteiger partial charge >= 0.3 is 24.1 Å². The van der Waals surface area contributed by atoms with Crippen molar-refractivity contribution in [2.24, 2.45) is 11.8 Å². The number of benzene rings is 1. The van der Waals surface area contributed by atoms with E-state index in [0.29, 0.717) is 0 Å². The largest absolute Gasteiger partial charge is 0.503 e. The second-order valence-corrected chi connectivity index (χ2v) is 9.57. The van der Waals surface area contributed by atoms with Gasteiger partial charge in [-0.1, -0.05) is 32.0 Å². The SMILES string of the molecule is COc1ccnc(C(=O)N[C@H]2COC(=O)[C@H](Cc3cccc(C(F)(F)F)c3)[C@@H](OC(=O)C(C)C)[C@H](C)OC2=O)c1O. The maximum absolute atomic E-state index is 13.3. The van der Waals surface area contributed by atoms with E-state index in [-0.39, 0.29) is 17.7 Å². The molecular formula is C27H29F3N2O9. The topological polar surface area (TPSA) is 150 Å². The molecule has 0 spiro atoms. The van der Waals surface area contributed by atoms with E-state index in [4.69, 9.17) is 18.9 Å². The standard InChI is InChI=1S/C27H29F3N2O9/c1-13(2)24(35)41-22-14(3)40-26(37)18(32-23(34)20-21(33)19(38-4)8-9-31-20)12-39-25(36)17(22)11-15-6-5-7-16(10-15)27(28,29)30/h5-10,13-14,17-18,22,33H,11-12H2,1-4H3,(H,32,34)/t14-,17+,18-,22-/m0/s1. The van der Waals surface area contributed by atoms with Crippen molar-refractivity contribution in [3.63, 3.8) is 0 Å². The Bertz CT molecular complexity index is 1300. The lowest BCUT2D eigenvalue weighted by Gasteiger charge is -2.29. The van der Waals surface area contributed by atoms with Crippen LogP contribution in [-0.4, -0.2) is 65.9 Å². The van der Waals surface area contributed by atoms with Gasteiger partial charge in [-0.05, 0) is 25.0 Å². The van der Waals surface area contributed by atoms with Crippen LogP contribution in [0.1, 0.15) is 42.4 Å². The zero-order valence-electron chi connectivity index (χ0n) is 22.6. The summed E-state index contributed by atoms with van der Waals surface area (Å²) in [6.07, 6.45) is -6.52. The van der Waals surface area contributed by atoms with Crippen molar-refractivity contribution in [1.82, 2.24) is 10.3 Å². The normalized spacial score (nSPS) is 21.6. The van der Waals surface area contributed by atoms with Gasteiger partial charge in [0.2, 0.25) is 0 Å². The minimum Gasteiger partial charge on any atom is -0.503 e. The Kier molecular flexibility index (Phi) is 9.79. The molecule has 14 heteroatoms. The Labute approximate surface area is 232 Å². The molecule has 1 aromatic carbocycles. The molecule has 11 nitrogen and oxygen atoms in total. The first-order valence-corrected chi connectivity index (χ1v) is 12.5. The Balaban J connectivity index is 1.92. The fourth-order valence-electron chi connectivity index (χ4n) is 4.00. The highest BCUT2D eigenvalue weighted by Gasteiger charge is 2.42. The molecule has 0 aliphatic carbocycles. The lowest BCUT2D eigenvalue weighted by molar-refractivity contribution is -0.176. The predicted octanol–water partition coefficient (Wildman–Crippen LogP) is 2.83. The van der Waals surface area contributed by atoms with Gasteiger partial charge in [0.25, 0.3) is 5.91 Å². The van der Waals surface area contributed by atoms with E-state index in [1.165, 1.54) is 52.3 Å². The number of hydrogen-bond donors (Lipinski definition) is 2. The predicted molar refractivity (Wildman–Crippen MR) is 134 cm³/mol. The summed E-state index contributed by atoms with van der Waals surface area (Å²) in [4.78, 5) is 55.3. The second kappa shape index (κ2) is 12.9. The number of ether oxygens (including phenoxy) is 4. The van der Waals surface area contributed by atoms with Crippen molar-refractivity contribution in [3.05, 3.63) is 53.3 Å². The smallest absolute Gasteiger partial charge is 0.416 e. The lowest BCUT2D eigenvalue weighted by atomic mass is 9.90. The molecule has 1 aliphatic heterocycles. The molecule has 1 aliphatic rings. The third-order valence-electron chi connectivity index (χ3n) is 6.20. The number of nitrogens with zero attached hydrogens (tertiary/aromatic N) is 1. The summed E-state index contributed by atoms with van der Waals surface area (Å²) < 4.78 is 61.0. The Morgan fingerprint density at radius 3 is 2.54 bits per heavy atom. The first kappa shape index (κ1) is 31.2. The fraction of sp³-hybridized carbons (Fsp3) is 0.444. The first-order chi connectivity index (χ1) is 19.2. The number of nitrogens with one attached hydrogen (secondary N) is 1. The van der Waals surface area contributed by atoms with Crippen LogP contribution < -0.4 is 10.1 Å². The molecule has 0 radical (unpaired) electrons. The zero-order valence-corrected chi connectivity index (χ0v) is 22.6. The third-order valence-corrected chi connectivity index (χ3v) is 6.20. The van der Waals surface area contributed by atoms with Gasteiger partial charge in [0.05, 0.1) is 18.6 Å². The Morgan fingerprint density at radius 1 is 1.20 bits per heavy atom. The van der Waals surface area contributed by atoms with Gasteiger partial charge < -0.3 is 29.4 Å². The molecular weight excluding hydrogens is 553 g/mol. The van der Waals surface area contributed by atoms with Gasteiger partial charge in [0.1, 0.15) is 18.6 Å². The minimum atomic E-state index is -4.64. The number of cyclic esters (lactones) is 2. The van der Waals surface area contributed by atoms with E-state index in [1.54, 1.807) is 0 Å². The molecule has 41 heavy (non-hydrogen) atoms. The number of aromatic hydroxyl groups is 1. The van der Waals surface area contributed by atoms with Crippen LogP contribution in [0.3, 0.4) is 0 Å². The van der Waals surface area contributed by atoms with Crippen LogP contribution in [-0.2, 0) is 41.2 Å². The van der Waals surface area contributed by atoms with Crippen LogP contribution in [0, 0.1) is 11.8 Å². The van der Waals surface area contributed by atoms with Crippen LogP contribution in [0.4, 0.5) is 13.2 Å². The molecule has 2 N–H and O–H groups in total. The number of pyridine rings is 1. The van der Waals surface area contributed by atoms with Gasteiger partial charge in [-0.25, -0.2) is 9.78 Å². The number of alkyl halides is 3. The van der Waals surface area contributed by atoms with Crippen molar-refractivity contribution < 1.29 is 56.4 Å². The summed E-state index contributed by atoms with van der Waals surface area (Å²) >= 11 is 0. The first-order valence-electron chi connectivity index (χ1n) is 12.5. The molecule has 0 unspecified atom stereocenters. The molecule has 3 rings (SSSR count). The fourth-order valence-corrected chi connectivity index (χ4v) is 4.00. The minimum absolute atomic E-state index is 0.0607. The lowest BCUT2D eigenvalue weighted by Crippen LogP contribution is -2.47. The van der Waals surface area contributed by atoms with Gasteiger partial charge in [-0.2, -0.15) is 13.2 Å². The van der Waals surface area contributed by atoms with E-state index < -0.39 is 83.7 Å². The van der Waals surface area contributed by atoms with Crippen molar-refractivity contribution in [1.29, 1.82) is 0 Å². The highest BCUT2D eigenvalue weighted by Crippen LogP contribution is 2.32. The molecule has 2 heterocycles. The van der Waals surface area contributed by atoms with Crippen LogP contribution in [0.25, 0.3) is 0 Å². The molecule has 4 atom stereocenters. The maximum atomic E-state index is 13.3. The number of carbonyl (C=O) groups is 4. The Morgan fingerprint density at radius 2 is 1.90 bits per heavy atom. The van der Waals surface area contributed by atoms with E-state index in [9.17, 15) is 37.5 Å².